The SMILES string of the molecule is CNCc1cccc(N(C)CCOC(C)C)n1. The lowest BCUT2D eigenvalue weighted by Crippen LogP contribution is -2.25. The Morgan fingerprint density at radius 2 is 2.18 bits per heavy atom. The van der Waals surface area contributed by atoms with Crippen LogP contribution in [0, 0.1) is 0 Å². The van der Waals surface area contributed by atoms with Gasteiger partial charge in [-0.05, 0) is 33.0 Å². The molecule has 1 aromatic rings. The van der Waals surface area contributed by atoms with E-state index >= 15 is 0 Å². The number of aromatic nitrogens is 1. The number of rotatable bonds is 7. The fraction of sp³-hybridized carbons (Fsp3) is 0.615. The molecule has 0 aliphatic carbocycles. The molecule has 0 unspecified atom stereocenters. The number of likely N-dealkylation sites (N-methyl/N-ethyl adjacent to an activating group) is 1. The van der Waals surface area contributed by atoms with Crippen LogP contribution >= 0.6 is 0 Å². The van der Waals surface area contributed by atoms with Gasteiger partial charge < -0.3 is 15.0 Å². The highest BCUT2D eigenvalue weighted by molar-refractivity contribution is 5.38. The highest BCUT2D eigenvalue weighted by Crippen LogP contribution is 2.09. The van der Waals surface area contributed by atoms with Gasteiger partial charge in [-0.2, -0.15) is 0 Å². The van der Waals surface area contributed by atoms with Crippen molar-refractivity contribution in [3.05, 3.63) is 23.9 Å². The van der Waals surface area contributed by atoms with Crippen LogP contribution in [0.1, 0.15) is 19.5 Å². The molecule has 0 aliphatic heterocycles. The Labute approximate surface area is 104 Å². The number of anilines is 1. The van der Waals surface area contributed by atoms with Gasteiger partial charge in [0.1, 0.15) is 5.82 Å². The monoisotopic (exact) mass is 237 g/mol. The number of pyridine rings is 1. The summed E-state index contributed by atoms with van der Waals surface area (Å²) in [5.74, 6) is 0.991. The van der Waals surface area contributed by atoms with Crippen LogP contribution in [0.5, 0.6) is 0 Å². The first kappa shape index (κ1) is 13.9. The molecule has 1 aromatic heterocycles. The van der Waals surface area contributed by atoms with Crippen LogP contribution < -0.4 is 10.2 Å². The fourth-order valence-corrected chi connectivity index (χ4v) is 1.50. The summed E-state index contributed by atoms with van der Waals surface area (Å²) >= 11 is 0. The maximum absolute atomic E-state index is 5.53. The van der Waals surface area contributed by atoms with Crippen LogP contribution in [0.2, 0.25) is 0 Å². The lowest BCUT2D eigenvalue weighted by Gasteiger charge is -2.19. The summed E-state index contributed by atoms with van der Waals surface area (Å²) in [6, 6.07) is 6.09. The van der Waals surface area contributed by atoms with Crippen molar-refractivity contribution in [2.24, 2.45) is 0 Å². The topological polar surface area (TPSA) is 37.4 Å². The van der Waals surface area contributed by atoms with Crippen molar-refractivity contribution in [3.63, 3.8) is 0 Å². The molecule has 1 heterocycles. The standard InChI is InChI=1S/C13H23N3O/c1-11(2)17-9-8-16(4)13-7-5-6-12(15-13)10-14-3/h5-7,11,14H,8-10H2,1-4H3. The van der Waals surface area contributed by atoms with E-state index in [1.807, 2.05) is 46.1 Å². The van der Waals surface area contributed by atoms with Crippen molar-refractivity contribution < 1.29 is 4.74 Å². The van der Waals surface area contributed by atoms with E-state index in [1.54, 1.807) is 0 Å². The molecule has 0 saturated heterocycles. The molecule has 0 bridgehead atoms. The van der Waals surface area contributed by atoms with E-state index in [4.69, 9.17) is 4.74 Å². The molecule has 0 atom stereocenters. The third-order valence-electron chi connectivity index (χ3n) is 2.42. The molecule has 4 heteroatoms. The molecular weight excluding hydrogens is 214 g/mol. The van der Waals surface area contributed by atoms with Gasteiger partial charge in [-0.25, -0.2) is 4.98 Å². The summed E-state index contributed by atoms with van der Waals surface area (Å²) in [6.07, 6.45) is 0.284. The molecule has 0 aromatic carbocycles. The lowest BCUT2D eigenvalue weighted by atomic mass is 10.3. The molecule has 1 N–H and O–H groups in total. The molecule has 0 spiro atoms. The van der Waals surface area contributed by atoms with Crippen LogP contribution in [0.25, 0.3) is 0 Å². The highest BCUT2D eigenvalue weighted by atomic mass is 16.5. The normalized spacial score (nSPS) is 10.9. The fourth-order valence-electron chi connectivity index (χ4n) is 1.50. The van der Waals surface area contributed by atoms with Gasteiger partial charge in [-0.15, -0.1) is 0 Å². The molecule has 0 aliphatic rings. The second-order valence-corrected chi connectivity index (χ2v) is 4.36. The van der Waals surface area contributed by atoms with Gasteiger partial charge in [0.2, 0.25) is 0 Å². The van der Waals surface area contributed by atoms with Crippen LogP contribution in [0.3, 0.4) is 0 Å². The Bertz CT molecular complexity index is 328. The molecule has 0 radical (unpaired) electrons. The number of hydrogen-bond acceptors (Lipinski definition) is 4. The van der Waals surface area contributed by atoms with Gasteiger partial charge in [0.25, 0.3) is 0 Å². The quantitative estimate of drug-likeness (QED) is 0.782. The maximum atomic E-state index is 5.53. The molecule has 17 heavy (non-hydrogen) atoms. The predicted molar refractivity (Wildman–Crippen MR) is 71.4 cm³/mol. The summed E-state index contributed by atoms with van der Waals surface area (Å²) in [7, 11) is 3.96. The third kappa shape index (κ3) is 5.15. The molecule has 0 amide bonds. The van der Waals surface area contributed by atoms with Gasteiger partial charge in [0.15, 0.2) is 0 Å². The smallest absolute Gasteiger partial charge is 0.128 e. The van der Waals surface area contributed by atoms with Crippen molar-refractivity contribution in [1.29, 1.82) is 0 Å². The average Bonchev–Trinajstić information content (AvgIpc) is 2.29. The van der Waals surface area contributed by atoms with Crippen molar-refractivity contribution in [2.45, 2.75) is 26.5 Å². The first-order chi connectivity index (χ1) is 8.13. The summed E-state index contributed by atoms with van der Waals surface area (Å²) in [6.45, 7) is 6.47. The molecule has 1 rings (SSSR count). The summed E-state index contributed by atoms with van der Waals surface area (Å²) in [4.78, 5) is 6.68. The molecule has 4 nitrogen and oxygen atoms in total. The van der Waals surface area contributed by atoms with E-state index in [-0.39, 0.29) is 6.10 Å². The molecule has 0 fully saturated rings. The van der Waals surface area contributed by atoms with E-state index in [0.717, 1.165) is 31.2 Å². The van der Waals surface area contributed by atoms with Gasteiger partial charge in [-0.3, -0.25) is 0 Å². The molecule has 0 saturated carbocycles. The first-order valence-electron chi connectivity index (χ1n) is 6.06. The van der Waals surface area contributed by atoms with E-state index < -0.39 is 0 Å². The van der Waals surface area contributed by atoms with E-state index in [0.29, 0.717) is 0 Å². The Morgan fingerprint density at radius 3 is 2.82 bits per heavy atom. The second kappa shape index (κ2) is 7.25. The number of hydrogen-bond donors (Lipinski definition) is 1. The third-order valence-corrected chi connectivity index (χ3v) is 2.42. The minimum Gasteiger partial charge on any atom is -0.377 e. The van der Waals surface area contributed by atoms with Crippen molar-refractivity contribution in [3.8, 4) is 0 Å². The Hall–Kier alpha value is -1.13. The second-order valence-electron chi connectivity index (χ2n) is 4.36. The Balaban J connectivity index is 2.50. The van der Waals surface area contributed by atoms with E-state index in [1.165, 1.54) is 0 Å². The van der Waals surface area contributed by atoms with Crippen LogP contribution in [-0.4, -0.2) is 38.3 Å². The van der Waals surface area contributed by atoms with Crippen molar-refractivity contribution >= 4 is 5.82 Å². The predicted octanol–water partition coefficient (Wildman–Crippen LogP) is 1.66. The zero-order chi connectivity index (χ0) is 12.7. The van der Waals surface area contributed by atoms with Gasteiger partial charge in [-0.1, -0.05) is 6.07 Å². The summed E-state index contributed by atoms with van der Waals surface area (Å²) in [5.41, 5.74) is 1.06. The van der Waals surface area contributed by atoms with E-state index in [9.17, 15) is 0 Å². The largest absolute Gasteiger partial charge is 0.377 e. The minimum absolute atomic E-state index is 0.284. The van der Waals surface area contributed by atoms with E-state index in [2.05, 4.69) is 15.2 Å². The zero-order valence-electron chi connectivity index (χ0n) is 11.2. The van der Waals surface area contributed by atoms with Crippen molar-refractivity contribution in [1.82, 2.24) is 10.3 Å². The maximum Gasteiger partial charge on any atom is 0.128 e. The van der Waals surface area contributed by atoms with Crippen LogP contribution in [-0.2, 0) is 11.3 Å². The Kier molecular flexibility index (Phi) is 5.94. The molecule has 96 valence electrons. The van der Waals surface area contributed by atoms with Gasteiger partial charge in [0.05, 0.1) is 18.4 Å². The number of nitrogens with zero attached hydrogens (tertiary/aromatic N) is 2. The number of nitrogens with one attached hydrogen (secondary N) is 1. The summed E-state index contributed by atoms with van der Waals surface area (Å²) in [5, 5.41) is 3.10. The first-order valence-corrected chi connectivity index (χ1v) is 6.06. The van der Waals surface area contributed by atoms with Crippen molar-refractivity contribution in [2.75, 3.05) is 32.1 Å². The summed E-state index contributed by atoms with van der Waals surface area (Å²) < 4.78 is 5.53. The van der Waals surface area contributed by atoms with Gasteiger partial charge >= 0.3 is 0 Å². The van der Waals surface area contributed by atoms with Gasteiger partial charge in [0, 0.05) is 20.1 Å². The minimum atomic E-state index is 0.284. The Morgan fingerprint density at radius 1 is 1.41 bits per heavy atom. The molecular formula is C13H23N3O. The zero-order valence-corrected chi connectivity index (χ0v) is 11.2. The average molecular weight is 237 g/mol. The van der Waals surface area contributed by atoms with Crippen LogP contribution in [0.15, 0.2) is 18.2 Å². The van der Waals surface area contributed by atoms with Crippen LogP contribution in [0.4, 0.5) is 5.82 Å². The number of ether oxygens (including phenoxy) is 1. The highest BCUT2D eigenvalue weighted by Gasteiger charge is 2.03. The lowest BCUT2D eigenvalue weighted by molar-refractivity contribution is 0.0845.